The van der Waals surface area contributed by atoms with Crippen LogP contribution in [0, 0.1) is 12.8 Å². The van der Waals surface area contributed by atoms with Gasteiger partial charge in [-0.25, -0.2) is 9.97 Å². The number of aromatic nitrogens is 2. The monoisotopic (exact) mass is 248 g/mol. The molecule has 4 heteroatoms. The lowest BCUT2D eigenvalue weighted by Gasteiger charge is -2.21. The van der Waals surface area contributed by atoms with Gasteiger partial charge in [0, 0.05) is 37.1 Å². The van der Waals surface area contributed by atoms with E-state index in [0.717, 1.165) is 37.2 Å². The minimum absolute atomic E-state index is 0.833. The van der Waals surface area contributed by atoms with Crippen molar-refractivity contribution in [2.75, 3.05) is 25.0 Å². The first-order valence-corrected chi connectivity index (χ1v) is 6.92. The zero-order chi connectivity index (χ0) is 13.0. The average molecular weight is 248 g/mol. The third kappa shape index (κ3) is 3.19. The van der Waals surface area contributed by atoms with Crippen molar-refractivity contribution in [1.29, 1.82) is 0 Å². The number of aryl methyl sites for hydroxylation is 1. The molecule has 2 rings (SSSR count). The van der Waals surface area contributed by atoms with Gasteiger partial charge in [-0.15, -0.1) is 0 Å². The van der Waals surface area contributed by atoms with E-state index in [-0.39, 0.29) is 0 Å². The Labute approximate surface area is 110 Å². The molecule has 4 nitrogen and oxygen atoms in total. The highest BCUT2D eigenvalue weighted by Gasteiger charge is 2.16. The summed E-state index contributed by atoms with van der Waals surface area (Å²) >= 11 is 0. The number of rotatable bonds is 3. The minimum Gasteiger partial charge on any atom is -0.341 e. The van der Waals surface area contributed by atoms with Crippen LogP contribution in [0.4, 0.5) is 5.95 Å². The molecule has 18 heavy (non-hydrogen) atoms. The molecule has 1 aromatic rings. The predicted octanol–water partition coefficient (Wildman–Crippen LogP) is 2.13. The quantitative estimate of drug-likeness (QED) is 0.889. The molecule has 1 unspecified atom stereocenters. The van der Waals surface area contributed by atoms with Gasteiger partial charge in [0.2, 0.25) is 5.95 Å². The van der Waals surface area contributed by atoms with Crippen molar-refractivity contribution < 1.29 is 0 Å². The average Bonchev–Trinajstić information content (AvgIpc) is 2.57. The fourth-order valence-corrected chi connectivity index (χ4v) is 2.46. The number of anilines is 1. The summed E-state index contributed by atoms with van der Waals surface area (Å²) in [5, 5.41) is 3.15. The first-order chi connectivity index (χ1) is 8.70. The second-order valence-electron chi connectivity index (χ2n) is 5.33. The van der Waals surface area contributed by atoms with Crippen LogP contribution in [0.5, 0.6) is 0 Å². The normalized spacial score (nSPS) is 20.8. The van der Waals surface area contributed by atoms with Gasteiger partial charge in [0.1, 0.15) is 0 Å². The summed E-state index contributed by atoms with van der Waals surface area (Å²) in [6, 6.07) is 0. The molecular weight excluding hydrogens is 224 g/mol. The zero-order valence-corrected chi connectivity index (χ0v) is 11.7. The van der Waals surface area contributed by atoms with Crippen molar-refractivity contribution in [1.82, 2.24) is 15.3 Å². The van der Waals surface area contributed by atoms with Crippen LogP contribution in [0.2, 0.25) is 0 Å². The Morgan fingerprint density at radius 2 is 2.22 bits per heavy atom. The standard InChI is InChI=1S/C14H24N4/c1-11-5-4-7-18(8-6-11)14-16-10-13(9-15-3)12(2)17-14/h10-11,15H,4-9H2,1-3H3. The van der Waals surface area contributed by atoms with Gasteiger partial charge in [-0.3, -0.25) is 0 Å². The summed E-state index contributed by atoms with van der Waals surface area (Å²) in [5.41, 5.74) is 2.27. The zero-order valence-electron chi connectivity index (χ0n) is 11.7. The van der Waals surface area contributed by atoms with Gasteiger partial charge < -0.3 is 10.2 Å². The molecule has 1 aliphatic rings. The molecule has 0 amide bonds. The van der Waals surface area contributed by atoms with E-state index in [2.05, 4.69) is 34.0 Å². The third-order valence-electron chi connectivity index (χ3n) is 3.74. The van der Waals surface area contributed by atoms with E-state index in [1.54, 1.807) is 0 Å². The van der Waals surface area contributed by atoms with Gasteiger partial charge in [-0.05, 0) is 39.2 Å². The van der Waals surface area contributed by atoms with Crippen LogP contribution in [0.1, 0.15) is 37.4 Å². The van der Waals surface area contributed by atoms with E-state index in [0.29, 0.717) is 0 Å². The fraction of sp³-hybridized carbons (Fsp3) is 0.714. The Balaban J connectivity index is 2.10. The number of nitrogens with one attached hydrogen (secondary N) is 1. The highest BCUT2D eigenvalue weighted by molar-refractivity contribution is 5.33. The van der Waals surface area contributed by atoms with Gasteiger partial charge in [-0.1, -0.05) is 6.92 Å². The van der Waals surface area contributed by atoms with E-state index < -0.39 is 0 Å². The van der Waals surface area contributed by atoms with Crippen LogP contribution >= 0.6 is 0 Å². The smallest absolute Gasteiger partial charge is 0.225 e. The Morgan fingerprint density at radius 3 is 2.94 bits per heavy atom. The van der Waals surface area contributed by atoms with Crippen molar-refractivity contribution in [3.63, 3.8) is 0 Å². The summed E-state index contributed by atoms with van der Waals surface area (Å²) in [4.78, 5) is 11.5. The molecule has 1 fully saturated rings. The lowest BCUT2D eigenvalue weighted by Crippen LogP contribution is -2.26. The Bertz CT molecular complexity index is 391. The molecule has 0 bridgehead atoms. The molecule has 2 heterocycles. The van der Waals surface area contributed by atoms with Crippen molar-refractivity contribution in [2.24, 2.45) is 5.92 Å². The van der Waals surface area contributed by atoms with E-state index in [1.165, 1.54) is 24.8 Å². The van der Waals surface area contributed by atoms with Crippen molar-refractivity contribution >= 4 is 5.95 Å². The van der Waals surface area contributed by atoms with Crippen molar-refractivity contribution in [2.45, 2.75) is 39.7 Å². The number of hydrogen-bond acceptors (Lipinski definition) is 4. The van der Waals surface area contributed by atoms with Crippen LogP contribution in [0.15, 0.2) is 6.20 Å². The van der Waals surface area contributed by atoms with E-state index in [1.807, 2.05) is 13.2 Å². The molecule has 100 valence electrons. The van der Waals surface area contributed by atoms with E-state index >= 15 is 0 Å². The molecule has 0 spiro atoms. The van der Waals surface area contributed by atoms with Gasteiger partial charge in [0.15, 0.2) is 0 Å². The largest absolute Gasteiger partial charge is 0.341 e. The summed E-state index contributed by atoms with van der Waals surface area (Å²) in [6.07, 6.45) is 5.79. The van der Waals surface area contributed by atoms with Crippen LogP contribution in [-0.4, -0.2) is 30.1 Å². The van der Waals surface area contributed by atoms with E-state index in [4.69, 9.17) is 0 Å². The Hall–Kier alpha value is -1.16. The first-order valence-electron chi connectivity index (χ1n) is 6.92. The first kappa shape index (κ1) is 13.3. The SMILES string of the molecule is CNCc1cnc(N2CCCC(C)CC2)nc1C. The highest BCUT2D eigenvalue weighted by Crippen LogP contribution is 2.20. The molecule has 0 radical (unpaired) electrons. The summed E-state index contributed by atoms with van der Waals surface area (Å²) < 4.78 is 0. The van der Waals surface area contributed by atoms with Gasteiger partial charge in [-0.2, -0.15) is 0 Å². The fourth-order valence-electron chi connectivity index (χ4n) is 2.46. The number of hydrogen-bond donors (Lipinski definition) is 1. The molecule has 0 aliphatic carbocycles. The lowest BCUT2D eigenvalue weighted by molar-refractivity contribution is 0.521. The molecule has 1 aliphatic heterocycles. The topological polar surface area (TPSA) is 41.1 Å². The van der Waals surface area contributed by atoms with Crippen LogP contribution in [-0.2, 0) is 6.54 Å². The molecule has 0 aromatic carbocycles. The third-order valence-corrected chi connectivity index (χ3v) is 3.74. The van der Waals surface area contributed by atoms with Crippen LogP contribution in [0.25, 0.3) is 0 Å². The van der Waals surface area contributed by atoms with Crippen molar-refractivity contribution in [3.8, 4) is 0 Å². The minimum atomic E-state index is 0.833. The Kier molecular flexibility index (Phi) is 4.53. The Morgan fingerprint density at radius 1 is 1.39 bits per heavy atom. The highest BCUT2D eigenvalue weighted by atomic mass is 15.2. The van der Waals surface area contributed by atoms with Gasteiger partial charge in [0.25, 0.3) is 0 Å². The summed E-state index contributed by atoms with van der Waals surface area (Å²) in [5.74, 6) is 1.74. The molecule has 1 N–H and O–H groups in total. The second-order valence-corrected chi connectivity index (χ2v) is 5.33. The van der Waals surface area contributed by atoms with Gasteiger partial charge >= 0.3 is 0 Å². The number of nitrogens with zero attached hydrogens (tertiary/aromatic N) is 3. The van der Waals surface area contributed by atoms with Gasteiger partial charge in [0.05, 0.1) is 0 Å². The lowest BCUT2D eigenvalue weighted by atomic mass is 10.0. The maximum Gasteiger partial charge on any atom is 0.225 e. The summed E-state index contributed by atoms with van der Waals surface area (Å²) in [7, 11) is 1.95. The molecule has 0 saturated carbocycles. The maximum absolute atomic E-state index is 4.66. The second kappa shape index (κ2) is 6.14. The van der Waals surface area contributed by atoms with Crippen molar-refractivity contribution in [3.05, 3.63) is 17.5 Å². The maximum atomic E-state index is 4.66. The molecule has 1 saturated heterocycles. The van der Waals surface area contributed by atoms with E-state index in [9.17, 15) is 0 Å². The van der Waals surface area contributed by atoms with Crippen LogP contribution in [0.3, 0.4) is 0 Å². The molecule has 1 atom stereocenters. The molecular formula is C14H24N4. The predicted molar refractivity (Wildman–Crippen MR) is 74.8 cm³/mol. The van der Waals surface area contributed by atoms with Crippen LogP contribution < -0.4 is 10.2 Å². The summed E-state index contributed by atoms with van der Waals surface area (Å²) in [6.45, 7) is 7.42. The molecule has 1 aromatic heterocycles.